The molecule has 0 saturated carbocycles. The maximum atomic E-state index is 12.8. The first-order chi connectivity index (χ1) is 11.5. The highest BCUT2D eigenvalue weighted by molar-refractivity contribution is 5.90. The van der Waals surface area contributed by atoms with Crippen LogP contribution in [0.4, 0.5) is 0 Å². The smallest absolute Gasteiger partial charge is 0.245 e. The van der Waals surface area contributed by atoms with Gasteiger partial charge in [0, 0.05) is 56.4 Å². The van der Waals surface area contributed by atoms with Crippen LogP contribution in [-0.2, 0) is 20.8 Å². The molecule has 2 amide bonds. The second kappa shape index (κ2) is 6.86. The van der Waals surface area contributed by atoms with Gasteiger partial charge in [-0.25, -0.2) is 0 Å². The van der Waals surface area contributed by atoms with Crippen molar-refractivity contribution >= 4 is 28.5 Å². The van der Waals surface area contributed by atoms with Crippen LogP contribution in [0.3, 0.4) is 0 Å². The number of para-hydroxylation sites is 1. The predicted molar refractivity (Wildman–Crippen MR) is 90.4 cm³/mol. The number of hydrogen-bond donors (Lipinski definition) is 2. The molecule has 0 radical (unpaired) electrons. The van der Waals surface area contributed by atoms with Gasteiger partial charge in [-0.2, -0.15) is 0 Å². The molecule has 1 atom stereocenters. The Balaban J connectivity index is 1.79. The lowest BCUT2D eigenvalue weighted by Crippen LogP contribution is -2.51. The van der Waals surface area contributed by atoms with Crippen molar-refractivity contribution in [2.75, 3.05) is 13.1 Å². The van der Waals surface area contributed by atoms with Gasteiger partial charge in [-0.05, 0) is 11.6 Å². The number of aromatic amines is 1. The van der Waals surface area contributed by atoms with Gasteiger partial charge in [-0.15, -0.1) is 0 Å². The van der Waals surface area contributed by atoms with Gasteiger partial charge >= 0.3 is 0 Å². The van der Waals surface area contributed by atoms with Gasteiger partial charge in [0.2, 0.25) is 11.8 Å². The molecule has 2 aromatic rings. The normalized spacial score (nSPS) is 16.2. The first-order valence-corrected chi connectivity index (χ1v) is 8.17. The van der Waals surface area contributed by atoms with Crippen LogP contribution in [-0.4, -0.2) is 46.6 Å². The van der Waals surface area contributed by atoms with Crippen molar-refractivity contribution in [2.24, 2.45) is 0 Å². The van der Waals surface area contributed by atoms with E-state index in [1.54, 1.807) is 4.90 Å². The summed E-state index contributed by atoms with van der Waals surface area (Å²) in [6, 6.07) is 7.25. The molecule has 0 spiro atoms. The van der Waals surface area contributed by atoms with Gasteiger partial charge < -0.3 is 15.2 Å². The molecule has 2 N–H and O–H groups in total. The molecular weight excluding hydrogens is 306 g/mol. The van der Waals surface area contributed by atoms with Gasteiger partial charge in [-0.3, -0.25) is 14.4 Å². The first-order valence-electron chi connectivity index (χ1n) is 8.17. The first kappa shape index (κ1) is 16.2. The second-order valence-corrected chi connectivity index (χ2v) is 6.18. The van der Waals surface area contributed by atoms with Crippen molar-refractivity contribution in [3.63, 3.8) is 0 Å². The summed E-state index contributed by atoms with van der Waals surface area (Å²) in [5.41, 5.74) is 2.00. The Kier molecular flexibility index (Phi) is 4.64. The number of Topliss-reactive ketones (excluding diaryl/α,β-unsaturated/α-hetero) is 1. The number of benzene rings is 1. The molecular formula is C18H21N3O3. The summed E-state index contributed by atoms with van der Waals surface area (Å²) in [6.07, 6.45) is 3.09. The Bertz CT molecular complexity index is 771. The summed E-state index contributed by atoms with van der Waals surface area (Å²) < 4.78 is 0. The average Bonchev–Trinajstić information content (AvgIpc) is 2.97. The zero-order chi connectivity index (χ0) is 17.1. The number of carbonyl (C=O) groups excluding carboxylic acids is 3. The van der Waals surface area contributed by atoms with Gasteiger partial charge in [0.1, 0.15) is 11.8 Å². The lowest BCUT2D eigenvalue weighted by molar-refractivity contribution is -0.138. The minimum atomic E-state index is -0.616. The summed E-state index contributed by atoms with van der Waals surface area (Å²) >= 11 is 0. The number of H-pyrrole nitrogens is 1. The monoisotopic (exact) mass is 327 g/mol. The van der Waals surface area contributed by atoms with Crippen LogP contribution in [0, 0.1) is 0 Å². The summed E-state index contributed by atoms with van der Waals surface area (Å²) in [5.74, 6) is -0.170. The van der Waals surface area contributed by atoms with Crippen molar-refractivity contribution in [1.82, 2.24) is 15.2 Å². The molecule has 1 aliphatic heterocycles. The molecule has 6 heteroatoms. The van der Waals surface area contributed by atoms with Gasteiger partial charge in [-0.1, -0.05) is 18.2 Å². The Hall–Kier alpha value is -2.63. The van der Waals surface area contributed by atoms with E-state index in [-0.39, 0.29) is 17.6 Å². The number of amides is 2. The van der Waals surface area contributed by atoms with Crippen LogP contribution in [0.1, 0.15) is 25.3 Å². The minimum absolute atomic E-state index is 0.122. The number of nitrogens with one attached hydrogen (secondary N) is 2. The molecule has 1 aliphatic rings. The fraction of sp³-hybridized carbons (Fsp3) is 0.389. The third kappa shape index (κ3) is 3.48. The third-order valence-electron chi connectivity index (χ3n) is 4.41. The highest BCUT2D eigenvalue weighted by Crippen LogP contribution is 2.20. The molecule has 0 aliphatic carbocycles. The second-order valence-electron chi connectivity index (χ2n) is 6.18. The van der Waals surface area contributed by atoms with Crippen molar-refractivity contribution < 1.29 is 14.4 Å². The Morgan fingerprint density at radius 2 is 1.96 bits per heavy atom. The van der Waals surface area contributed by atoms with E-state index in [2.05, 4.69) is 10.3 Å². The number of aromatic nitrogens is 1. The van der Waals surface area contributed by atoms with Gasteiger partial charge in [0.15, 0.2) is 0 Å². The molecule has 3 rings (SSSR count). The van der Waals surface area contributed by atoms with Crippen LogP contribution in [0.5, 0.6) is 0 Å². The van der Waals surface area contributed by atoms with Crippen LogP contribution >= 0.6 is 0 Å². The quantitative estimate of drug-likeness (QED) is 0.891. The zero-order valence-corrected chi connectivity index (χ0v) is 13.7. The third-order valence-corrected chi connectivity index (χ3v) is 4.41. The van der Waals surface area contributed by atoms with Crippen molar-refractivity contribution in [3.05, 3.63) is 36.0 Å². The van der Waals surface area contributed by atoms with Crippen molar-refractivity contribution in [3.8, 4) is 0 Å². The summed E-state index contributed by atoms with van der Waals surface area (Å²) in [7, 11) is 0. The maximum absolute atomic E-state index is 12.8. The van der Waals surface area contributed by atoms with E-state index in [4.69, 9.17) is 0 Å². The molecule has 6 nitrogen and oxygen atoms in total. The van der Waals surface area contributed by atoms with Gasteiger partial charge in [0.25, 0.3) is 0 Å². The highest BCUT2D eigenvalue weighted by Gasteiger charge is 2.28. The number of ketones is 1. The molecule has 1 saturated heterocycles. The standard InChI is InChI=1S/C18H21N3O3/c1-12(22)20-17(18(24)21-8-6-14(23)7-9-21)10-13-11-19-16-5-3-2-4-15(13)16/h2-5,11,17,19H,6-10H2,1H3,(H,20,22). The largest absolute Gasteiger partial charge is 0.361 e. The predicted octanol–water partition coefficient (Wildman–Crippen LogP) is 1.41. The van der Waals surface area contributed by atoms with Crippen LogP contribution in [0.15, 0.2) is 30.5 Å². The molecule has 1 aromatic heterocycles. The number of carbonyl (C=O) groups is 3. The molecule has 126 valence electrons. The van der Waals surface area contributed by atoms with E-state index in [0.29, 0.717) is 32.4 Å². The van der Waals surface area contributed by atoms with Crippen molar-refractivity contribution in [2.45, 2.75) is 32.2 Å². The zero-order valence-electron chi connectivity index (χ0n) is 13.7. The van der Waals surface area contributed by atoms with E-state index in [1.807, 2.05) is 30.5 Å². The molecule has 1 fully saturated rings. The fourth-order valence-electron chi connectivity index (χ4n) is 3.16. The van der Waals surface area contributed by atoms with Gasteiger partial charge in [0.05, 0.1) is 0 Å². The van der Waals surface area contributed by atoms with Crippen LogP contribution < -0.4 is 5.32 Å². The lowest BCUT2D eigenvalue weighted by atomic mass is 10.0. The van der Waals surface area contributed by atoms with Crippen molar-refractivity contribution in [1.29, 1.82) is 0 Å². The highest BCUT2D eigenvalue weighted by atomic mass is 16.2. The van der Waals surface area contributed by atoms with Crippen LogP contribution in [0.25, 0.3) is 10.9 Å². The number of piperidine rings is 1. The number of hydrogen-bond acceptors (Lipinski definition) is 3. The Morgan fingerprint density at radius 3 is 2.67 bits per heavy atom. The molecule has 1 aromatic carbocycles. The van der Waals surface area contributed by atoms with E-state index in [9.17, 15) is 14.4 Å². The molecule has 24 heavy (non-hydrogen) atoms. The fourth-order valence-corrected chi connectivity index (χ4v) is 3.16. The summed E-state index contributed by atoms with van der Waals surface area (Å²) in [6.45, 7) is 2.28. The summed E-state index contributed by atoms with van der Waals surface area (Å²) in [4.78, 5) is 40.6. The number of fused-ring (bicyclic) bond motifs is 1. The molecule has 1 unspecified atom stereocenters. The number of nitrogens with zero attached hydrogens (tertiary/aromatic N) is 1. The SMILES string of the molecule is CC(=O)NC(Cc1c[nH]c2ccccc12)C(=O)N1CCC(=O)CC1. The molecule has 0 bridgehead atoms. The van der Waals surface area contributed by atoms with E-state index >= 15 is 0 Å². The number of likely N-dealkylation sites (tertiary alicyclic amines) is 1. The maximum Gasteiger partial charge on any atom is 0.245 e. The van der Waals surface area contributed by atoms with E-state index in [0.717, 1.165) is 16.5 Å². The number of rotatable bonds is 4. The summed E-state index contributed by atoms with van der Waals surface area (Å²) in [5, 5.41) is 3.81. The topological polar surface area (TPSA) is 82.3 Å². The van der Waals surface area contributed by atoms with E-state index in [1.165, 1.54) is 6.92 Å². The lowest BCUT2D eigenvalue weighted by Gasteiger charge is -2.30. The Labute approximate surface area is 140 Å². The average molecular weight is 327 g/mol. The van der Waals surface area contributed by atoms with Crippen LogP contribution in [0.2, 0.25) is 0 Å². The molecule has 2 heterocycles. The minimum Gasteiger partial charge on any atom is -0.361 e. The Morgan fingerprint density at radius 1 is 1.25 bits per heavy atom. The van der Waals surface area contributed by atoms with E-state index < -0.39 is 6.04 Å².